The Morgan fingerprint density at radius 3 is 3.05 bits per heavy atom. The molecule has 1 amide bonds. The Labute approximate surface area is 127 Å². The lowest BCUT2D eigenvalue weighted by atomic mass is 9.95. The summed E-state index contributed by atoms with van der Waals surface area (Å²) in [4.78, 5) is 14.5. The fourth-order valence-corrected chi connectivity index (χ4v) is 2.93. The van der Waals surface area contributed by atoms with E-state index in [2.05, 4.69) is 17.1 Å². The number of benzene rings is 1. The molecule has 1 unspecified atom stereocenters. The van der Waals surface area contributed by atoms with Gasteiger partial charge in [-0.25, -0.2) is 0 Å². The average Bonchev–Trinajstić information content (AvgIpc) is 2.49. The number of hydrogen-bond donors (Lipinski definition) is 2. The Bertz CT molecular complexity index is 487. The second-order valence-corrected chi connectivity index (χ2v) is 6.09. The van der Waals surface area contributed by atoms with Gasteiger partial charge < -0.3 is 16.0 Å². The molecule has 1 aromatic rings. The summed E-state index contributed by atoms with van der Waals surface area (Å²) < 4.78 is 0. The summed E-state index contributed by atoms with van der Waals surface area (Å²) in [6.45, 7) is 7.35. The molecule has 0 radical (unpaired) electrons. The molecule has 3 N–H and O–H groups in total. The fourth-order valence-electron chi connectivity index (χ4n) is 2.93. The molecular weight excluding hydrogens is 262 g/mol. The van der Waals surface area contributed by atoms with Crippen molar-refractivity contribution < 1.29 is 4.79 Å². The minimum atomic E-state index is 0.0716. The molecule has 1 aromatic carbocycles. The van der Waals surface area contributed by atoms with Crippen LogP contribution in [0.5, 0.6) is 0 Å². The molecule has 1 heterocycles. The van der Waals surface area contributed by atoms with E-state index >= 15 is 0 Å². The number of carbonyl (C=O) groups excluding carboxylic acids is 1. The smallest absolute Gasteiger partial charge is 0.225 e. The minimum Gasteiger partial charge on any atom is -0.399 e. The van der Waals surface area contributed by atoms with Crippen LogP contribution in [-0.4, -0.2) is 30.4 Å². The van der Waals surface area contributed by atoms with Crippen LogP contribution in [0.15, 0.2) is 18.2 Å². The average molecular weight is 289 g/mol. The highest BCUT2D eigenvalue weighted by Gasteiger charge is 2.18. The Morgan fingerprint density at radius 2 is 2.29 bits per heavy atom. The van der Waals surface area contributed by atoms with Crippen LogP contribution in [0.4, 0.5) is 11.4 Å². The summed E-state index contributed by atoms with van der Waals surface area (Å²) in [6, 6.07) is 5.60. The van der Waals surface area contributed by atoms with Crippen LogP contribution in [0.2, 0.25) is 0 Å². The number of nitrogens with one attached hydrogen (secondary N) is 1. The Kier molecular flexibility index (Phi) is 5.62. The van der Waals surface area contributed by atoms with Gasteiger partial charge in [-0.1, -0.05) is 19.4 Å². The number of anilines is 2. The topological polar surface area (TPSA) is 58.4 Å². The summed E-state index contributed by atoms with van der Waals surface area (Å²) in [7, 11) is 0. The van der Waals surface area contributed by atoms with Crippen molar-refractivity contribution in [3.63, 3.8) is 0 Å². The van der Waals surface area contributed by atoms with Crippen molar-refractivity contribution in [1.82, 2.24) is 4.90 Å². The maximum absolute atomic E-state index is 12.1. The summed E-state index contributed by atoms with van der Waals surface area (Å²) in [5, 5.41) is 2.97. The molecule has 21 heavy (non-hydrogen) atoms. The lowest BCUT2D eigenvalue weighted by molar-refractivity contribution is -0.116. The normalized spacial score (nSPS) is 19.4. The molecule has 4 nitrogen and oxygen atoms in total. The zero-order valence-electron chi connectivity index (χ0n) is 13.2. The Morgan fingerprint density at radius 1 is 1.48 bits per heavy atom. The summed E-state index contributed by atoms with van der Waals surface area (Å²) in [5.41, 5.74) is 8.31. The molecule has 1 fully saturated rings. The first-order chi connectivity index (χ1) is 10.1. The van der Waals surface area contributed by atoms with Crippen molar-refractivity contribution >= 4 is 17.3 Å². The summed E-state index contributed by atoms with van der Waals surface area (Å²) >= 11 is 0. The van der Waals surface area contributed by atoms with E-state index in [4.69, 9.17) is 5.73 Å². The fraction of sp³-hybridized carbons (Fsp3) is 0.588. The third kappa shape index (κ3) is 4.74. The van der Waals surface area contributed by atoms with Crippen molar-refractivity contribution in [3.05, 3.63) is 23.8 Å². The van der Waals surface area contributed by atoms with Crippen LogP contribution in [0.1, 0.15) is 38.2 Å². The first kappa shape index (κ1) is 15.8. The van der Waals surface area contributed by atoms with E-state index in [1.165, 1.54) is 19.3 Å². The zero-order valence-corrected chi connectivity index (χ0v) is 13.2. The first-order valence-electron chi connectivity index (χ1n) is 7.96. The molecule has 1 saturated heterocycles. The van der Waals surface area contributed by atoms with Gasteiger partial charge in [0, 0.05) is 30.9 Å². The molecule has 116 valence electrons. The van der Waals surface area contributed by atoms with E-state index in [0.717, 1.165) is 36.8 Å². The van der Waals surface area contributed by atoms with Crippen molar-refractivity contribution in [2.75, 3.05) is 30.7 Å². The van der Waals surface area contributed by atoms with Gasteiger partial charge in [0.05, 0.1) is 0 Å². The highest BCUT2D eigenvalue weighted by molar-refractivity contribution is 5.92. The van der Waals surface area contributed by atoms with Gasteiger partial charge in [0.15, 0.2) is 0 Å². The number of aryl methyl sites for hydroxylation is 1. The SMILES string of the molecule is CCC1CCCN(CCC(=O)Nc2cc(N)ccc2C)C1. The molecule has 0 bridgehead atoms. The lowest BCUT2D eigenvalue weighted by Gasteiger charge is -2.32. The number of carbonyl (C=O) groups is 1. The van der Waals surface area contributed by atoms with Crippen LogP contribution in [0.3, 0.4) is 0 Å². The highest BCUT2D eigenvalue weighted by Crippen LogP contribution is 2.20. The van der Waals surface area contributed by atoms with Gasteiger partial charge in [-0.15, -0.1) is 0 Å². The molecule has 0 aromatic heterocycles. The number of hydrogen-bond acceptors (Lipinski definition) is 3. The first-order valence-corrected chi connectivity index (χ1v) is 7.96. The zero-order chi connectivity index (χ0) is 15.2. The molecule has 1 aliphatic rings. The lowest BCUT2D eigenvalue weighted by Crippen LogP contribution is -2.37. The van der Waals surface area contributed by atoms with Crippen LogP contribution in [-0.2, 0) is 4.79 Å². The number of nitrogens with zero attached hydrogens (tertiary/aromatic N) is 1. The minimum absolute atomic E-state index is 0.0716. The maximum Gasteiger partial charge on any atom is 0.225 e. The maximum atomic E-state index is 12.1. The van der Waals surface area contributed by atoms with Gasteiger partial charge in [-0.2, -0.15) is 0 Å². The van der Waals surface area contributed by atoms with Crippen molar-refractivity contribution in [1.29, 1.82) is 0 Å². The van der Waals surface area contributed by atoms with E-state index in [0.29, 0.717) is 12.1 Å². The van der Waals surface area contributed by atoms with Crippen LogP contribution in [0, 0.1) is 12.8 Å². The number of piperidine rings is 1. The van der Waals surface area contributed by atoms with Crippen LogP contribution in [0.25, 0.3) is 0 Å². The van der Waals surface area contributed by atoms with Crippen molar-refractivity contribution in [3.8, 4) is 0 Å². The second-order valence-electron chi connectivity index (χ2n) is 6.09. The quantitative estimate of drug-likeness (QED) is 0.819. The number of nitrogens with two attached hydrogens (primary N) is 1. The van der Waals surface area contributed by atoms with Gasteiger partial charge in [-0.3, -0.25) is 4.79 Å². The van der Waals surface area contributed by atoms with E-state index in [9.17, 15) is 4.79 Å². The van der Waals surface area contributed by atoms with Crippen molar-refractivity contribution in [2.45, 2.75) is 39.5 Å². The number of likely N-dealkylation sites (tertiary alicyclic amines) is 1. The summed E-state index contributed by atoms with van der Waals surface area (Å²) in [5.74, 6) is 0.875. The molecule has 0 spiro atoms. The number of rotatable bonds is 5. The molecular formula is C17H27N3O. The third-order valence-corrected chi connectivity index (χ3v) is 4.37. The van der Waals surface area contributed by atoms with Crippen LogP contribution >= 0.6 is 0 Å². The number of amides is 1. The highest BCUT2D eigenvalue weighted by atomic mass is 16.1. The third-order valence-electron chi connectivity index (χ3n) is 4.37. The molecule has 4 heteroatoms. The van der Waals surface area contributed by atoms with E-state index in [-0.39, 0.29) is 5.91 Å². The standard InChI is InChI=1S/C17H27N3O/c1-3-14-5-4-9-20(12-14)10-8-17(21)19-16-11-15(18)7-6-13(16)2/h6-7,11,14H,3-5,8-10,12,18H2,1-2H3,(H,19,21). The molecule has 2 rings (SSSR count). The van der Waals surface area contributed by atoms with Gasteiger partial charge in [0.1, 0.15) is 0 Å². The Balaban J connectivity index is 1.80. The monoisotopic (exact) mass is 289 g/mol. The molecule has 1 atom stereocenters. The van der Waals surface area contributed by atoms with Crippen LogP contribution < -0.4 is 11.1 Å². The van der Waals surface area contributed by atoms with E-state index < -0.39 is 0 Å². The van der Waals surface area contributed by atoms with E-state index in [1.54, 1.807) is 0 Å². The number of nitrogen functional groups attached to an aromatic ring is 1. The predicted molar refractivity (Wildman–Crippen MR) is 88.3 cm³/mol. The van der Waals surface area contributed by atoms with Gasteiger partial charge >= 0.3 is 0 Å². The van der Waals surface area contributed by atoms with E-state index in [1.807, 2.05) is 25.1 Å². The predicted octanol–water partition coefficient (Wildman–Crippen LogP) is 3.03. The van der Waals surface area contributed by atoms with Crippen molar-refractivity contribution in [2.24, 2.45) is 5.92 Å². The largest absolute Gasteiger partial charge is 0.399 e. The van der Waals surface area contributed by atoms with Gasteiger partial charge in [0.25, 0.3) is 0 Å². The molecule has 0 saturated carbocycles. The summed E-state index contributed by atoms with van der Waals surface area (Å²) in [6.07, 6.45) is 4.38. The molecule has 0 aliphatic carbocycles. The Hall–Kier alpha value is -1.55. The molecule has 1 aliphatic heterocycles. The van der Waals surface area contributed by atoms with Gasteiger partial charge in [0.2, 0.25) is 5.91 Å². The second kappa shape index (κ2) is 7.46. The van der Waals surface area contributed by atoms with Gasteiger partial charge in [-0.05, 0) is 49.9 Å².